The number of hydrogen-bond donors (Lipinski definition) is 1. The minimum Gasteiger partial charge on any atom is -0.465 e. The molecule has 0 atom stereocenters. The molecule has 0 saturated heterocycles. The molecule has 2 aromatic heterocycles. The first kappa shape index (κ1) is 26.0. The van der Waals surface area contributed by atoms with Crippen LogP contribution in [-0.2, 0) is 27.9 Å². The Hall–Kier alpha value is -2.65. The lowest BCUT2D eigenvalue weighted by atomic mass is 9.87. The first-order chi connectivity index (χ1) is 16.1. The van der Waals surface area contributed by atoms with Gasteiger partial charge in [-0.15, -0.1) is 21.5 Å². The van der Waals surface area contributed by atoms with E-state index in [0.717, 1.165) is 21.8 Å². The molecule has 0 bridgehead atoms. The number of benzene rings is 1. The summed E-state index contributed by atoms with van der Waals surface area (Å²) in [7, 11) is 1.35. The second kappa shape index (κ2) is 10.7. The predicted molar refractivity (Wildman–Crippen MR) is 139 cm³/mol. The van der Waals surface area contributed by atoms with E-state index in [2.05, 4.69) is 60.6 Å². The number of ether oxygens (including phenoxy) is 1. The molecule has 0 radical (unpaired) electrons. The summed E-state index contributed by atoms with van der Waals surface area (Å²) >= 11 is 2.72. The molecule has 1 N–H and O–H groups in total. The van der Waals surface area contributed by atoms with Gasteiger partial charge in [0.25, 0.3) is 0 Å². The van der Waals surface area contributed by atoms with E-state index in [1.807, 2.05) is 25.3 Å². The third-order valence-corrected chi connectivity index (χ3v) is 7.61. The van der Waals surface area contributed by atoms with E-state index in [0.29, 0.717) is 28.7 Å². The number of hydrogen-bond acceptors (Lipinski definition) is 7. The number of anilines is 1. The highest BCUT2D eigenvalue weighted by atomic mass is 32.2. The molecule has 0 aliphatic heterocycles. The molecule has 3 rings (SSSR count). The van der Waals surface area contributed by atoms with Crippen LogP contribution in [0.15, 0.2) is 29.4 Å². The minimum atomic E-state index is -0.433. The van der Waals surface area contributed by atoms with Crippen molar-refractivity contribution >= 4 is 40.0 Å². The number of amides is 1. The average Bonchev–Trinajstić information content (AvgIpc) is 3.36. The summed E-state index contributed by atoms with van der Waals surface area (Å²) in [4.78, 5) is 26.0. The second-order valence-corrected chi connectivity index (χ2v) is 11.1. The van der Waals surface area contributed by atoms with Crippen LogP contribution in [-0.4, -0.2) is 39.5 Å². The van der Waals surface area contributed by atoms with Crippen LogP contribution in [0.5, 0.6) is 0 Å². The van der Waals surface area contributed by atoms with Crippen LogP contribution in [0.4, 0.5) is 5.00 Å². The molecular formula is C25H32N4O3S2. The number of thiophene rings is 1. The van der Waals surface area contributed by atoms with Gasteiger partial charge in [-0.1, -0.05) is 63.7 Å². The Bertz CT molecular complexity index is 1170. The highest BCUT2D eigenvalue weighted by Gasteiger charge is 2.23. The maximum atomic E-state index is 12.7. The summed E-state index contributed by atoms with van der Waals surface area (Å²) in [5.74, 6) is 0.290. The number of nitrogens with one attached hydrogen (secondary N) is 1. The van der Waals surface area contributed by atoms with E-state index >= 15 is 0 Å². The maximum absolute atomic E-state index is 12.7. The fraction of sp³-hybridized carbons (Fsp3) is 0.440. The van der Waals surface area contributed by atoms with Crippen molar-refractivity contribution < 1.29 is 14.3 Å². The molecule has 1 aromatic carbocycles. The molecule has 7 nitrogen and oxygen atoms in total. The van der Waals surface area contributed by atoms with Gasteiger partial charge in [0, 0.05) is 17.0 Å². The fourth-order valence-corrected chi connectivity index (χ4v) is 5.67. The Morgan fingerprint density at radius 2 is 1.82 bits per heavy atom. The van der Waals surface area contributed by atoms with Gasteiger partial charge in [0.2, 0.25) is 5.91 Å². The zero-order valence-electron chi connectivity index (χ0n) is 20.8. The Morgan fingerprint density at radius 1 is 1.15 bits per heavy atom. The number of carbonyl (C=O) groups excluding carboxylic acids is 2. The third kappa shape index (κ3) is 5.52. The molecule has 1 amide bonds. The van der Waals surface area contributed by atoms with Gasteiger partial charge in [-0.2, -0.15) is 0 Å². The van der Waals surface area contributed by atoms with E-state index in [4.69, 9.17) is 4.74 Å². The fourth-order valence-electron chi connectivity index (χ4n) is 3.72. The lowest BCUT2D eigenvalue weighted by molar-refractivity contribution is -0.113. The second-order valence-electron chi connectivity index (χ2n) is 8.90. The smallest absolute Gasteiger partial charge is 0.341 e. The van der Waals surface area contributed by atoms with Crippen LogP contribution < -0.4 is 5.32 Å². The van der Waals surface area contributed by atoms with E-state index in [1.165, 1.54) is 35.8 Å². The van der Waals surface area contributed by atoms with Crippen molar-refractivity contribution in [3.8, 4) is 11.4 Å². The summed E-state index contributed by atoms with van der Waals surface area (Å²) in [5.41, 5.74) is 3.68. The van der Waals surface area contributed by atoms with Crippen molar-refractivity contribution in [1.29, 1.82) is 0 Å². The molecule has 0 fully saturated rings. The molecule has 34 heavy (non-hydrogen) atoms. The number of aromatic nitrogens is 3. The molecule has 3 aromatic rings. The number of thioether (sulfide) groups is 1. The van der Waals surface area contributed by atoms with Gasteiger partial charge in [-0.25, -0.2) is 4.79 Å². The Morgan fingerprint density at radius 3 is 2.38 bits per heavy atom. The molecule has 0 unspecified atom stereocenters. The van der Waals surface area contributed by atoms with Crippen LogP contribution in [0.3, 0.4) is 0 Å². The Kier molecular flexibility index (Phi) is 8.20. The van der Waals surface area contributed by atoms with Crippen molar-refractivity contribution in [2.45, 2.75) is 65.1 Å². The normalized spacial score (nSPS) is 11.5. The van der Waals surface area contributed by atoms with Crippen LogP contribution in [0.1, 0.15) is 61.0 Å². The summed E-state index contributed by atoms with van der Waals surface area (Å²) in [6, 6.07) is 8.38. The van der Waals surface area contributed by atoms with Crippen molar-refractivity contribution in [2.75, 3.05) is 18.2 Å². The maximum Gasteiger partial charge on any atom is 0.341 e. The first-order valence-electron chi connectivity index (χ1n) is 11.3. The number of aryl methyl sites for hydroxylation is 1. The van der Waals surface area contributed by atoms with Crippen LogP contribution in [0.25, 0.3) is 11.4 Å². The van der Waals surface area contributed by atoms with Crippen LogP contribution in [0.2, 0.25) is 0 Å². The van der Waals surface area contributed by atoms with Gasteiger partial charge < -0.3 is 14.6 Å². The van der Waals surface area contributed by atoms with Gasteiger partial charge in [-0.05, 0) is 36.8 Å². The van der Waals surface area contributed by atoms with E-state index < -0.39 is 5.97 Å². The Balaban J connectivity index is 1.74. The van der Waals surface area contributed by atoms with Crippen LogP contribution >= 0.6 is 23.1 Å². The summed E-state index contributed by atoms with van der Waals surface area (Å²) < 4.78 is 6.94. The zero-order valence-corrected chi connectivity index (χ0v) is 22.4. The lowest BCUT2D eigenvalue weighted by Gasteiger charge is -2.19. The lowest BCUT2D eigenvalue weighted by Crippen LogP contribution is -2.16. The molecule has 182 valence electrons. The summed E-state index contributed by atoms with van der Waals surface area (Å²) in [5, 5.41) is 12.8. The number of nitrogens with zero attached hydrogens (tertiary/aromatic N) is 3. The van der Waals surface area contributed by atoms with Gasteiger partial charge >= 0.3 is 5.97 Å². The molecule has 0 saturated carbocycles. The minimum absolute atomic E-state index is 0.0814. The van der Waals surface area contributed by atoms with Gasteiger partial charge in [0.1, 0.15) is 5.00 Å². The zero-order chi connectivity index (χ0) is 25.0. The summed E-state index contributed by atoms with van der Waals surface area (Å²) in [6.45, 7) is 13.2. The van der Waals surface area contributed by atoms with Crippen LogP contribution in [0, 0.1) is 6.92 Å². The monoisotopic (exact) mass is 500 g/mol. The molecule has 0 aliphatic rings. The first-order valence-corrected chi connectivity index (χ1v) is 13.1. The van der Waals surface area contributed by atoms with Crippen molar-refractivity contribution in [3.63, 3.8) is 0 Å². The predicted octanol–water partition coefficient (Wildman–Crippen LogP) is 5.71. The number of rotatable bonds is 8. The topological polar surface area (TPSA) is 86.1 Å². The molecule has 0 spiro atoms. The van der Waals surface area contributed by atoms with Gasteiger partial charge in [0.05, 0.1) is 18.4 Å². The van der Waals surface area contributed by atoms with E-state index in [-0.39, 0.29) is 17.1 Å². The van der Waals surface area contributed by atoms with E-state index in [1.54, 1.807) is 0 Å². The highest BCUT2D eigenvalue weighted by molar-refractivity contribution is 7.99. The highest BCUT2D eigenvalue weighted by Crippen LogP contribution is 2.34. The van der Waals surface area contributed by atoms with Crippen molar-refractivity contribution in [1.82, 2.24) is 14.8 Å². The van der Waals surface area contributed by atoms with Gasteiger partial charge in [-0.3, -0.25) is 4.79 Å². The third-order valence-electron chi connectivity index (χ3n) is 5.58. The largest absolute Gasteiger partial charge is 0.465 e. The standard InChI is InChI=1S/C25H32N4O3S2/c1-8-18-15(3)34-22(20(18)23(31)32-7)26-19(30)14-33-24-28-27-21(29(24)9-2)16-10-12-17(13-11-16)25(4,5)6/h10-13H,8-9,14H2,1-7H3,(H,26,30). The number of esters is 1. The van der Waals surface area contributed by atoms with Gasteiger partial charge in [0.15, 0.2) is 11.0 Å². The number of methoxy groups -OCH3 is 1. The molecule has 9 heteroatoms. The number of carbonyl (C=O) groups is 2. The SMILES string of the molecule is CCc1c(C)sc(NC(=O)CSc2nnc(-c3ccc(C(C)(C)C)cc3)n2CC)c1C(=O)OC. The average molecular weight is 501 g/mol. The quantitative estimate of drug-likeness (QED) is 0.315. The Labute approximate surface area is 209 Å². The van der Waals surface area contributed by atoms with E-state index in [9.17, 15) is 9.59 Å². The molecule has 2 heterocycles. The van der Waals surface area contributed by atoms with Crippen molar-refractivity contribution in [3.05, 3.63) is 45.8 Å². The summed E-state index contributed by atoms with van der Waals surface area (Å²) in [6.07, 6.45) is 0.691. The molecular weight excluding hydrogens is 468 g/mol. The van der Waals surface area contributed by atoms with Crippen molar-refractivity contribution in [2.24, 2.45) is 0 Å². The molecule has 0 aliphatic carbocycles.